The molecule has 0 aromatic carbocycles. The highest BCUT2D eigenvalue weighted by Crippen LogP contribution is 2.30. The molecule has 0 bridgehead atoms. The van der Waals surface area contributed by atoms with Gasteiger partial charge in [0.05, 0.1) is 0 Å². The van der Waals surface area contributed by atoms with E-state index in [0.717, 1.165) is 28.9 Å². The van der Waals surface area contributed by atoms with E-state index < -0.39 is 0 Å². The average Bonchev–Trinajstić information content (AvgIpc) is 2.49. The van der Waals surface area contributed by atoms with Crippen LogP contribution >= 0.6 is 0 Å². The fourth-order valence-corrected chi connectivity index (χ4v) is 2.98. The molecule has 5 heteroatoms. The molecule has 2 rings (SSSR count). The van der Waals surface area contributed by atoms with Crippen LogP contribution in [0, 0.1) is 12.8 Å². The molecule has 0 radical (unpaired) electrons. The van der Waals surface area contributed by atoms with Crippen LogP contribution in [0.1, 0.15) is 70.2 Å². The maximum Gasteiger partial charge on any atom is 0.148 e. The molecule has 1 heterocycles. The van der Waals surface area contributed by atoms with Crippen LogP contribution in [0.2, 0.25) is 0 Å². The third-order valence-corrected chi connectivity index (χ3v) is 4.58. The SMILES string of the molecule is CCC1CCC(Nc2nc(C(C)C)nc(NN)c2C)CC1. The Hall–Kier alpha value is -1.36. The lowest BCUT2D eigenvalue weighted by atomic mass is 9.84. The molecule has 118 valence electrons. The highest BCUT2D eigenvalue weighted by atomic mass is 15.3. The summed E-state index contributed by atoms with van der Waals surface area (Å²) in [5, 5.41) is 3.62. The van der Waals surface area contributed by atoms with E-state index in [4.69, 9.17) is 10.8 Å². The zero-order valence-corrected chi connectivity index (χ0v) is 13.7. The molecule has 1 aliphatic rings. The molecule has 1 aliphatic carbocycles. The van der Waals surface area contributed by atoms with Gasteiger partial charge < -0.3 is 10.7 Å². The highest BCUT2D eigenvalue weighted by molar-refractivity contribution is 5.57. The van der Waals surface area contributed by atoms with Crippen LogP contribution in [0.15, 0.2) is 0 Å². The van der Waals surface area contributed by atoms with Crippen molar-refractivity contribution < 1.29 is 0 Å². The predicted molar refractivity (Wildman–Crippen MR) is 88.3 cm³/mol. The average molecular weight is 291 g/mol. The van der Waals surface area contributed by atoms with Crippen LogP contribution < -0.4 is 16.6 Å². The van der Waals surface area contributed by atoms with E-state index in [2.05, 4.69) is 36.5 Å². The summed E-state index contributed by atoms with van der Waals surface area (Å²) in [5.74, 6) is 9.27. The maximum absolute atomic E-state index is 5.59. The fraction of sp³-hybridized carbons (Fsp3) is 0.750. The number of rotatable bonds is 5. The van der Waals surface area contributed by atoms with Gasteiger partial charge in [-0.05, 0) is 38.5 Å². The van der Waals surface area contributed by atoms with E-state index in [9.17, 15) is 0 Å². The summed E-state index contributed by atoms with van der Waals surface area (Å²) in [4.78, 5) is 9.18. The van der Waals surface area contributed by atoms with Crippen molar-refractivity contribution in [1.29, 1.82) is 0 Å². The van der Waals surface area contributed by atoms with Gasteiger partial charge >= 0.3 is 0 Å². The van der Waals surface area contributed by atoms with Gasteiger partial charge in [0.1, 0.15) is 17.5 Å². The maximum atomic E-state index is 5.59. The first-order valence-electron chi connectivity index (χ1n) is 8.16. The van der Waals surface area contributed by atoms with Gasteiger partial charge in [-0.25, -0.2) is 15.8 Å². The normalized spacial score (nSPS) is 22.4. The Labute approximate surface area is 128 Å². The van der Waals surface area contributed by atoms with E-state index in [0.29, 0.717) is 6.04 Å². The number of anilines is 2. The number of nitrogens with zero attached hydrogens (tertiary/aromatic N) is 2. The minimum atomic E-state index is 0.286. The highest BCUT2D eigenvalue weighted by Gasteiger charge is 2.21. The topological polar surface area (TPSA) is 75.9 Å². The van der Waals surface area contributed by atoms with Crippen LogP contribution in [-0.4, -0.2) is 16.0 Å². The van der Waals surface area contributed by atoms with Crippen molar-refractivity contribution in [3.05, 3.63) is 11.4 Å². The molecule has 21 heavy (non-hydrogen) atoms. The summed E-state index contributed by atoms with van der Waals surface area (Å²) < 4.78 is 0. The van der Waals surface area contributed by atoms with Gasteiger partial charge in [-0.15, -0.1) is 0 Å². The Morgan fingerprint density at radius 2 is 1.76 bits per heavy atom. The molecule has 0 atom stereocenters. The summed E-state index contributed by atoms with van der Waals surface area (Å²) in [6.07, 6.45) is 6.39. The van der Waals surface area contributed by atoms with E-state index in [1.54, 1.807) is 0 Å². The van der Waals surface area contributed by atoms with Gasteiger partial charge in [-0.2, -0.15) is 0 Å². The second-order valence-corrected chi connectivity index (χ2v) is 6.47. The monoisotopic (exact) mass is 291 g/mol. The van der Waals surface area contributed by atoms with Crippen LogP contribution in [0.3, 0.4) is 0 Å². The number of hydrogen-bond donors (Lipinski definition) is 3. The smallest absolute Gasteiger partial charge is 0.148 e. The second kappa shape index (κ2) is 7.07. The lowest BCUT2D eigenvalue weighted by molar-refractivity contribution is 0.329. The summed E-state index contributed by atoms with van der Waals surface area (Å²) in [5.41, 5.74) is 3.69. The van der Waals surface area contributed by atoms with E-state index >= 15 is 0 Å². The molecule has 1 aromatic rings. The lowest BCUT2D eigenvalue weighted by Crippen LogP contribution is -2.27. The lowest BCUT2D eigenvalue weighted by Gasteiger charge is -2.29. The van der Waals surface area contributed by atoms with Crippen LogP contribution in [0.25, 0.3) is 0 Å². The minimum absolute atomic E-state index is 0.286. The second-order valence-electron chi connectivity index (χ2n) is 6.47. The first kappa shape index (κ1) is 16.0. The summed E-state index contributed by atoms with van der Waals surface area (Å²) >= 11 is 0. The fourth-order valence-electron chi connectivity index (χ4n) is 2.98. The van der Waals surface area contributed by atoms with Crippen LogP contribution in [0.4, 0.5) is 11.6 Å². The number of nitrogen functional groups attached to an aromatic ring is 1. The molecular weight excluding hydrogens is 262 g/mol. The number of aromatic nitrogens is 2. The molecule has 0 aliphatic heterocycles. The van der Waals surface area contributed by atoms with Crippen LogP contribution in [0.5, 0.6) is 0 Å². The number of nitrogens with one attached hydrogen (secondary N) is 2. The number of hydrogen-bond acceptors (Lipinski definition) is 5. The molecule has 0 unspecified atom stereocenters. The molecule has 4 N–H and O–H groups in total. The summed E-state index contributed by atoms with van der Waals surface area (Å²) in [6, 6.07) is 0.520. The summed E-state index contributed by atoms with van der Waals surface area (Å²) in [6.45, 7) is 8.50. The van der Waals surface area contributed by atoms with E-state index in [1.165, 1.54) is 32.1 Å². The van der Waals surface area contributed by atoms with Crippen molar-refractivity contribution in [3.63, 3.8) is 0 Å². The standard InChI is InChI=1S/C16H29N5/c1-5-12-6-8-13(9-7-12)18-15-11(4)16(21-17)20-14(19-15)10(2)3/h10,12-13H,5-9,17H2,1-4H3,(H2,18,19,20,21). The molecule has 1 fully saturated rings. The Morgan fingerprint density at radius 1 is 1.14 bits per heavy atom. The third-order valence-electron chi connectivity index (χ3n) is 4.58. The van der Waals surface area contributed by atoms with Crippen molar-refractivity contribution in [2.75, 3.05) is 10.7 Å². The van der Waals surface area contributed by atoms with Gasteiger partial charge in [0, 0.05) is 17.5 Å². The first-order valence-corrected chi connectivity index (χ1v) is 8.16. The van der Waals surface area contributed by atoms with Gasteiger partial charge in [0.2, 0.25) is 0 Å². The van der Waals surface area contributed by atoms with Crippen molar-refractivity contribution >= 4 is 11.6 Å². The molecule has 1 aromatic heterocycles. The Balaban J connectivity index is 2.13. The van der Waals surface area contributed by atoms with E-state index in [-0.39, 0.29) is 5.92 Å². The van der Waals surface area contributed by atoms with Gasteiger partial charge in [-0.1, -0.05) is 27.2 Å². The molecule has 0 saturated heterocycles. The molecule has 0 amide bonds. The third kappa shape index (κ3) is 3.84. The van der Waals surface area contributed by atoms with Gasteiger partial charge in [0.15, 0.2) is 0 Å². The minimum Gasteiger partial charge on any atom is -0.367 e. The molecule has 1 saturated carbocycles. The Kier molecular flexibility index (Phi) is 5.39. The zero-order valence-electron chi connectivity index (χ0n) is 13.7. The number of nitrogens with two attached hydrogens (primary N) is 1. The zero-order chi connectivity index (χ0) is 15.4. The molecular formula is C16H29N5. The Bertz CT molecular complexity index is 464. The van der Waals surface area contributed by atoms with Crippen molar-refractivity contribution in [2.45, 2.75) is 71.8 Å². The largest absolute Gasteiger partial charge is 0.367 e. The predicted octanol–water partition coefficient (Wildman–Crippen LogP) is 3.57. The summed E-state index contributed by atoms with van der Waals surface area (Å²) in [7, 11) is 0. The number of hydrazine groups is 1. The first-order chi connectivity index (χ1) is 10.0. The molecule has 0 spiro atoms. The quantitative estimate of drug-likeness (QED) is 0.571. The van der Waals surface area contributed by atoms with Gasteiger partial charge in [-0.3, -0.25) is 0 Å². The van der Waals surface area contributed by atoms with Gasteiger partial charge in [0.25, 0.3) is 0 Å². The molecule has 5 nitrogen and oxygen atoms in total. The Morgan fingerprint density at radius 3 is 2.29 bits per heavy atom. The van der Waals surface area contributed by atoms with Crippen molar-refractivity contribution in [2.24, 2.45) is 11.8 Å². The van der Waals surface area contributed by atoms with Crippen molar-refractivity contribution in [1.82, 2.24) is 9.97 Å². The van der Waals surface area contributed by atoms with E-state index in [1.807, 2.05) is 6.92 Å². The van der Waals surface area contributed by atoms with Crippen LogP contribution in [-0.2, 0) is 0 Å². The van der Waals surface area contributed by atoms with Crippen molar-refractivity contribution in [3.8, 4) is 0 Å².